The number of benzene rings is 1. The lowest BCUT2D eigenvalue weighted by molar-refractivity contribution is -0.137. The third-order valence-corrected chi connectivity index (χ3v) is 7.69. The number of aryl methyl sites for hydroxylation is 2. The molecule has 208 valence electrons. The number of amidine groups is 1. The van der Waals surface area contributed by atoms with E-state index in [0.29, 0.717) is 36.2 Å². The van der Waals surface area contributed by atoms with Crippen LogP contribution >= 0.6 is 11.3 Å². The summed E-state index contributed by atoms with van der Waals surface area (Å²) in [7, 11) is 0. The lowest BCUT2D eigenvalue weighted by atomic mass is 9.97. The molecule has 0 bridgehead atoms. The lowest BCUT2D eigenvalue weighted by Crippen LogP contribution is -2.19. The normalized spacial score (nSPS) is 13.2. The van der Waals surface area contributed by atoms with Gasteiger partial charge in [-0.2, -0.15) is 0 Å². The number of carboxylic acids is 1. The molecule has 0 unspecified atom stereocenters. The van der Waals surface area contributed by atoms with Crippen LogP contribution in [0.25, 0.3) is 17.0 Å². The van der Waals surface area contributed by atoms with E-state index in [9.17, 15) is 4.79 Å². The van der Waals surface area contributed by atoms with Gasteiger partial charge in [0.25, 0.3) is 0 Å². The number of rotatable bonds is 12. The van der Waals surface area contributed by atoms with Gasteiger partial charge in [0.15, 0.2) is 0 Å². The number of carbonyl (C=O) groups is 1. The largest absolute Gasteiger partial charge is 0.481 e. The summed E-state index contributed by atoms with van der Waals surface area (Å²) in [5, 5.41) is 13.3. The molecule has 0 aliphatic heterocycles. The number of aliphatic imine (C=N–C) groups is 1. The van der Waals surface area contributed by atoms with Gasteiger partial charge in [0.2, 0.25) is 0 Å². The molecule has 1 aromatic heterocycles. The predicted molar refractivity (Wildman–Crippen MR) is 160 cm³/mol. The molecule has 0 atom stereocenters. The van der Waals surface area contributed by atoms with Crippen molar-refractivity contribution in [2.75, 3.05) is 6.54 Å². The van der Waals surface area contributed by atoms with E-state index >= 15 is 4.39 Å². The number of aliphatic carboxylic acids is 1. The molecule has 0 fully saturated rings. The number of nitrogens with zero attached hydrogens (tertiary/aromatic N) is 2. The summed E-state index contributed by atoms with van der Waals surface area (Å²) >= 11 is 1.58. The molecule has 0 saturated carbocycles. The van der Waals surface area contributed by atoms with Gasteiger partial charge in [0, 0.05) is 23.9 Å². The van der Waals surface area contributed by atoms with Gasteiger partial charge in [0.1, 0.15) is 5.82 Å². The molecule has 0 aliphatic rings. The number of nitrogens with one attached hydrogen (secondary N) is 1. The highest BCUT2D eigenvalue weighted by atomic mass is 32.1. The second-order valence-corrected chi connectivity index (χ2v) is 11.9. The standard InChI is InChI=1S/C31H44FN3O2S/c1-9-13-23-18-21(4)27(32)24(19-23)28-29(38-30(35-28)31(6,7)8)25(16-15-20(3)10-2)34-22(5)33-17-12-11-14-26(36)37/h15-16,18-19H,9-14,17H2,1-8H3,(H,33,34)(H,36,37)/b20-15?,25-16-. The van der Waals surface area contributed by atoms with Crippen LogP contribution in [-0.2, 0) is 16.6 Å². The fraction of sp³-hybridized carbons (Fsp3) is 0.516. The molecule has 2 rings (SSSR count). The summed E-state index contributed by atoms with van der Waals surface area (Å²) in [5.74, 6) is -0.299. The Morgan fingerprint density at radius 1 is 1.18 bits per heavy atom. The van der Waals surface area contributed by atoms with Crippen molar-refractivity contribution in [1.29, 1.82) is 0 Å². The number of hydrogen-bond acceptors (Lipinski definition) is 4. The van der Waals surface area contributed by atoms with E-state index in [1.165, 1.54) is 5.57 Å². The summed E-state index contributed by atoms with van der Waals surface area (Å²) in [5.41, 5.74) is 4.76. The minimum atomic E-state index is -0.787. The predicted octanol–water partition coefficient (Wildman–Crippen LogP) is 8.47. The monoisotopic (exact) mass is 541 g/mol. The van der Waals surface area contributed by atoms with E-state index in [-0.39, 0.29) is 17.7 Å². The Bertz CT molecular complexity index is 1200. The zero-order chi connectivity index (χ0) is 28.5. The Balaban J connectivity index is 2.63. The van der Waals surface area contributed by atoms with Crippen LogP contribution in [0.2, 0.25) is 0 Å². The fourth-order valence-corrected chi connectivity index (χ4v) is 4.96. The maximum absolute atomic E-state index is 15.6. The first kappa shape index (κ1) is 31.4. The Morgan fingerprint density at radius 3 is 2.50 bits per heavy atom. The molecular weight excluding hydrogens is 497 g/mol. The second-order valence-electron chi connectivity index (χ2n) is 10.9. The third-order valence-electron chi connectivity index (χ3n) is 6.18. The average molecular weight is 542 g/mol. The maximum atomic E-state index is 15.6. The van der Waals surface area contributed by atoms with Crippen molar-refractivity contribution >= 4 is 28.8 Å². The van der Waals surface area contributed by atoms with Gasteiger partial charge in [-0.15, -0.1) is 11.3 Å². The van der Waals surface area contributed by atoms with Crippen molar-refractivity contribution in [2.45, 2.75) is 99.3 Å². The van der Waals surface area contributed by atoms with Gasteiger partial charge in [-0.25, -0.2) is 9.37 Å². The first-order valence-electron chi connectivity index (χ1n) is 13.6. The summed E-state index contributed by atoms with van der Waals surface area (Å²) in [6.07, 6.45) is 8.35. The van der Waals surface area contributed by atoms with Crippen molar-refractivity contribution in [3.8, 4) is 11.3 Å². The summed E-state index contributed by atoms with van der Waals surface area (Å²) in [6.45, 7) is 17.0. The molecule has 1 heterocycles. The van der Waals surface area contributed by atoms with Crippen LogP contribution in [0.3, 0.4) is 0 Å². The van der Waals surface area contributed by atoms with Crippen LogP contribution in [0.4, 0.5) is 4.39 Å². The molecule has 2 N–H and O–H groups in total. The van der Waals surface area contributed by atoms with Crippen molar-refractivity contribution in [3.05, 3.63) is 56.7 Å². The van der Waals surface area contributed by atoms with E-state index in [1.54, 1.807) is 11.3 Å². The van der Waals surface area contributed by atoms with Crippen molar-refractivity contribution in [3.63, 3.8) is 0 Å². The highest BCUT2D eigenvalue weighted by molar-refractivity contribution is 7.13. The van der Waals surface area contributed by atoms with Crippen molar-refractivity contribution < 1.29 is 14.3 Å². The van der Waals surface area contributed by atoms with Crippen LogP contribution in [0, 0.1) is 12.7 Å². The van der Waals surface area contributed by atoms with Crippen LogP contribution in [-0.4, -0.2) is 28.4 Å². The zero-order valence-electron chi connectivity index (χ0n) is 24.3. The van der Waals surface area contributed by atoms with Gasteiger partial charge in [-0.05, 0) is 69.7 Å². The van der Waals surface area contributed by atoms with Gasteiger partial charge in [0.05, 0.1) is 27.1 Å². The number of carboxylic acid groups (broad SMARTS) is 1. The third kappa shape index (κ3) is 9.19. The zero-order valence-corrected chi connectivity index (χ0v) is 25.1. The minimum Gasteiger partial charge on any atom is -0.481 e. The van der Waals surface area contributed by atoms with E-state index in [1.807, 2.05) is 32.1 Å². The van der Waals surface area contributed by atoms with Gasteiger partial charge >= 0.3 is 5.97 Å². The first-order valence-corrected chi connectivity index (χ1v) is 14.4. The number of unbranched alkanes of at least 4 members (excludes halogenated alkanes) is 1. The smallest absolute Gasteiger partial charge is 0.303 e. The Kier molecular flexibility index (Phi) is 11.9. The summed E-state index contributed by atoms with van der Waals surface area (Å²) in [4.78, 5) is 21.3. The SMILES string of the molecule is CCCc1cc(C)c(F)c(-c2nc(C(C)(C)C)sc2/C(=C/C=C(C)CC)NC(C)=NCCCCC(=O)O)c1. The Morgan fingerprint density at radius 2 is 1.89 bits per heavy atom. The second kappa shape index (κ2) is 14.4. The van der Waals surface area contributed by atoms with Crippen molar-refractivity contribution in [1.82, 2.24) is 10.3 Å². The van der Waals surface area contributed by atoms with Gasteiger partial charge in [-0.3, -0.25) is 9.79 Å². The molecule has 5 nitrogen and oxygen atoms in total. The number of halogens is 1. The van der Waals surface area contributed by atoms with Crippen LogP contribution in [0.5, 0.6) is 0 Å². The molecule has 1 aromatic carbocycles. The molecule has 0 saturated heterocycles. The lowest BCUT2D eigenvalue weighted by Gasteiger charge is -2.13. The molecule has 0 radical (unpaired) electrons. The minimum absolute atomic E-state index is 0.149. The molecule has 0 aliphatic carbocycles. The fourth-order valence-electron chi connectivity index (χ4n) is 3.84. The molecule has 7 heteroatoms. The van der Waals surface area contributed by atoms with Gasteiger partial charge in [-0.1, -0.05) is 58.8 Å². The average Bonchev–Trinajstić information content (AvgIpc) is 3.29. The van der Waals surface area contributed by atoms with Crippen LogP contribution in [0.15, 0.2) is 34.9 Å². The highest BCUT2D eigenvalue weighted by Crippen LogP contribution is 2.39. The van der Waals surface area contributed by atoms with Crippen molar-refractivity contribution in [2.24, 2.45) is 4.99 Å². The Hall–Kier alpha value is -2.80. The van der Waals surface area contributed by atoms with E-state index < -0.39 is 5.97 Å². The quantitative estimate of drug-likeness (QED) is 0.122. The highest BCUT2D eigenvalue weighted by Gasteiger charge is 2.26. The molecule has 0 amide bonds. The number of hydrogen-bond donors (Lipinski definition) is 2. The number of thiazole rings is 1. The summed E-state index contributed by atoms with van der Waals surface area (Å²) in [6, 6.07) is 3.88. The van der Waals surface area contributed by atoms with Crippen LogP contribution < -0.4 is 5.32 Å². The molecule has 38 heavy (non-hydrogen) atoms. The van der Waals surface area contributed by atoms with Crippen LogP contribution in [0.1, 0.15) is 102 Å². The van der Waals surface area contributed by atoms with E-state index in [0.717, 1.165) is 46.2 Å². The van der Waals surface area contributed by atoms with Gasteiger partial charge < -0.3 is 10.4 Å². The molecular formula is C31H44FN3O2S. The summed E-state index contributed by atoms with van der Waals surface area (Å²) < 4.78 is 15.6. The van der Waals surface area contributed by atoms with E-state index in [2.05, 4.69) is 57.9 Å². The topological polar surface area (TPSA) is 74.6 Å². The Labute approximate surface area is 232 Å². The number of allylic oxidation sites excluding steroid dienone is 3. The number of aromatic nitrogens is 1. The first-order chi connectivity index (χ1) is 17.9. The molecule has 2 aromatic rings. The van der Waals surface area contributed by atoms with E-state index in [4.69, 9.17) is 10.1 Å². The maximum Gasteiger partial charge on any atom is 0.303 e. The molecule has 0 spiro atoms.